The molecule has 28 heavy (non-hydrogen) atoms. The maximum absolute atomic E-state index is 12.5. The van der Waals surface area contributed by atoms with Gasteiger partial charge in [0.25, 0.3) is 0 Å². The molecule has 0 radical (unpaired) electrons. The van der Waals surface area contributed by atoms with E-state index in [1.807, 2.05) is 68.4 Å². The van der Waals surface area contributed by atoms with Gasteiger partial charge >= 0.3 is 0 Å². The summed E-state index contributed by atoms with van der Waals surface area (Å²) >= 11 is 0. The summed E-state index contributed by atoms with van der Waals surface area (Å²) in [5.74, 6) is 0.713. The van der Waals surface area contributed by atoms with Crippen LogP contribution in [0.15, 0.2) is 58.4 Å². The molecule has 8 heteroatoms. The predicted molar refractivity (Wildman–Crippen MR) is 126 cm³/mol. The molecule has 0 aliphatic heterocycles. The topological polar surface area (TPSA) is 73.8 Å². The van der Waals surface area contributed by atoms with E-state index in [0.717, 1.165) is 16.7 Å². The van der Waals surface area contributed by atoms with Crippen molar-refractivity contribution in [3.05, 3.63) is 65.2 Å². The van der Waals surface area contributed by atoms with E-state index in [9.17, 15) is 8.42 Å². The zero-order valence-electron chi connectivity index (χ0n) is 16.8. The standard InChI is InChI=1S/C20H28N4O2S.HI/c1-16-10-11-17(2)19(14-16)27(25,26)23-13-12-21-20(24(3)4)22-15-18-8-6-5-7-9-18;/h5-11,14,23H,12-13,15H2,1-4H3,(H,21,22);1H. The van der Waals surface area contributed by atoms with Crippen LogP contribution in [0.25, 0.3) is 0 Å². The van der Waals surface area contributed by atoms with Crippen LogP contribution in [0.5, 0.6) is 0 Å². The average Bonchev–Trinajstić information content (AvgIpc) is 2.63. The molecule has 0 spiro atoms. The number of rotatable bonds is 7. The molecule has 154 valence electrons. The van der Waals surface area contributed by atoms with Gasteiger partial charge in [-0.1, -0.05) is 42.5 Å². The number of halogens is 1. The van der Waals surface area contributed by atoms with E-state index < -0.39 is 10.0 Å². The van der Waals surface area contributed by atoms with E-state index in [-0.39, 0.29) is 30.5 Å². The van der Waals surface area contributed by atoms with E-state index in [0.29, 0.717) is 23.9 Å². The van der Waals surface area contributed by atoms with Crippen LogP contribution in [-0.2, 0) is 16.6 Å². The maximum atomic E-state index is 12.5. The number of benzene rings is 2. The molecule has 6 nitrogen and oxygen atoms in total. The molecule has 0 fully saturated rings. The Morgan fingerprint density at radius 1 is 1.04 bits per heavy atom. The van der Waals surface area contributed by atoms with Gasteiger partial charge in [-0.2, -0.15) is 0 Å². The summed E-state index contributed by atoms with van der Waals surface area (Å²) < 4.78 is 27.7. The minimum Gasteiger partial charge on any atom is -0.355 e. The first kappa shape index (κ1) is 24.4. The van der Waals surface area contributed by atoms with Crippen LogP contribution < -0.4 is 10.0 Å². The molecule has 0 atom stereocenters. The smallest absolute Gasteiger partial charge is 0.240 e. The molecule has 0 saturated heterocycles. The van der Waals surface area contributed by atoms with Gasteiger partial charge in [-0.05, 0) is 36.6 Å². The Morgan fingerprint density at radius 3 is 2.36 bits per heavy atom. The molecule has 0 saturated carbocycles. The Balaban J connectivity index is 0.00000392. The molecule has 2 rings (SSSR count). The normalized spacial score (nSPS) is 11.6. The van der Waals surface area contributed by atoms with Gasteiger partial charge < -0.3 is 10.2 Å². The number of sulfonamides is 1. The molecule has 2 aromatic carbocycles. The van der Waals surface area contributed by atoms with Gasteiger partial charge in [0.05, 0.1) is 11.4 Å². The highest BCUT2D eigenvalue weighted by Gasteiger charge is 2.16. The summed E-state index contributed by atoms with van der Waals surface area (Å²) in [6, 6.07) is 15.4. The number of guanidine groups is 1. The van der Waals surface area contributed by atoms with Crippen LogP contribution in [0.2, 0.25) is 0 Å². The zero-order valence-corrected chi connectivity index (χ0v) is 19.9. The van der Waals surface area contributed by atoms with Crippen LogP contribution in [0, 0.1) is 13.8 Å². The molecule has 0 unspecified atom stereocenters. The number of aryl methyl sites for hydroxylation is 2. The molecular weight excluding hydrogens is 487 g/mol. The largest absolute Gasteiger partial charge is 0.355 e. The van der Waals surface area contributed by atoms with E-state index in [1.165, 1.54) is 0 Å². The molecule has 0 aromatic heterocycles. The van der Waals surface area contributed by atoms with Crippen molar-refractivity contribution >= 4 is 40.0 Å². The quantitative estimate of drug-likeness (QED) is 0.257. The van der Waals surface area contributed by atoms with Crippen molar-refractivity contribution in [2.24, 2.45) is 4.99 Å². The summed E-state index contributed by atoms with van der Waals surface area (Å²) in [5.41, 5.74) is 2.77. The summed E-state index contributed by atoms with van der Waals surface area (Å²) in [4.78, 5) is 6.77. The van der Waals surface area contributed by atoms with Gasteiger partial charge in [0.15, 0.2) is 5.96 Å². The highest BCUT2D eigenvalue weighted by atomic mass is 127. The van der Waals surface area contributed by atoms with Crippen molar-refractivity contribution in [1.82, 2.24) is 14.9 Å². The summed E-state index contributed by atoms with van der Waals surface area (Å²) in [7, 11) is 0.269. The second-order valence-electron chi connectivity index (χ2n) is 6.61. The fourth-order valence-corrected chi connectivity index (χ4v) is 3.90. The van der Waals surface area contributed by atoms with Gasteiger partial charge in [-0.25, -0.2) is 18.1 Å². The van der Waals surface area contributed by atoms with Crippen LogP contribution in [0.3, 0.4) is 0 Å². The van der Waals surface area contributed by atoms with Crippen LogP contribution in [-0.4, -0.2) is 46.5 Å². The van der Waals surface area contributed by atoms with Crippen molar-refractivity contribution in [2.75, 3.05) is 27.2 Å². The second kappa shape index (κ2) is 11.4. The highest BCUT2D eigenvalue weighted by Crippen LogP contribution is 2.16. The first-order chi connectivity index (χ1) is 12.8. The number of hydrogen-bond donors (Lipinski definition) is 2. The number of hydrogen-bond acceptors (Lipinski definition) is 3. The molecule has 2 N–H and O–H groups in total. The maximum Gasteiger partial charge on any atom is 0.240 e. The summed E-state index contributed by atoms with van der Waals surface area (Å²) in [6.07, 6.45) is 0. The van der Waals surface area contributed by atoms with Crippen LogP contribution in [0.1, 0.15) is 16.7 Å². The fraction of sp³-hybridized carbons (Fsp3) is 0.350. The fourth-order valence-electron chi connectivity index (χ4n) is 2.54. The predicted octanol–water partition coefficient (Wildman–Crippen LogP) is 2.91. The Labute approximate surface area is 185 Å². The second-order valence-corrected chi connectivity index (χ2v) is 8.35. The van der Waals surface area contributed by atoms with Crippen molar-refractivity contribution in [1.29, 1.82) is 0 Å². The molecule has 2 aromatic rings. The molecule has 0 aliphatic rings. The molecule has 0 amide bonds. The monoisotopic (exact) mass is 516 g/mol. The highest BCUT2D eigenvalue weighted by molar-refractivity contribution is 14.0. The Hall–Kier alpha value is -1.65. The number of nitrogens with zero attached hydrogens (tertiary/aromatic N) is 2. The third-order valence-electron chi connectivity index (χ3n) is 4.01. The van der Waals surface area contributed by atoms with Gasteiger partial charge in [-0.15, -0.1) is 24.0 Å². The van der Waals surface area contributed by atoms with Gasteiger partial charge in [0, 0.05) is 27.2 Å². The lowest BCUT2D eigenvalue weighted by Crippen LogP contribution is -2.41. The summed E-state index contributed by atoms with van der Waals surface area (Å²) in [6.45, 7) is 4.96. The summed E-state index contributed by atoms with van der Waals surface area (Å²) in [5, 5.41) is 3.19. The lowest BCUT2D eigenvalue weighted by molar-refractivity contribution is 0.567. The Morgan fingerprint density at radius 2 is 1.71 bits per heavy atom. The van der Waals surface area contributed by atoms with Crippen LogP contribution >= 0.6 is 24.0 Å². The average molecular weight is 516 g/mol. The lowest BCUT2D eigenvalue weighted by atomic mass is 10.2. The van der Waals surface area contributed by atoms with Crippen LogP contribution in [0.4, 0.5) is 0 Å². The van der Waals surface area contributed by atoms with E-state index >= 15 is 0 Å². The van der Waals surface area contributed by atoms with Gasteiger partial charge in [0.1, 0.15) is 0 Å². The van der Waals surface area contributed by atoms with Gasteiger partial charge in [-0.3, -0.25) is 0 Å². The first-order valence-electron chi connectivity index (χ1n) is 8.86. The SMILES string of the molecule is Cc1ccc(C)c(S(=O)(=O)NCCNC(=NCc2ccccc2)N(C)C)c1.I. The minimum atomic E-state index is -3.53. The van der Waals surface area contributed by atoms with E-state index in [4.69, 9.17) is 0 Å². The first-order valence-corrected chi connectivity index (χ1v) is 10.3. The lowest BCUT2D eigenvalue weighted by Gasteiger charge is -2.18. The third kappa shape index (κ3) is 7.40. The molecule has 0 bridgehead atoms. The van der Waals surface area contributed by atoms with E-state index in [1.54, 1.807) is 13.0 Å². The van der Waals surface area contributed by atoms with E-state index in [2.05, 4.69) is 15.0 Å². The molecule has 0 heterocycles. The molecule has 0 aliphatic carbocycles. The van der Waals surface area contributed by atoms with Crippen molar-refractivity contribution < 1.29 is 8.42 Å². The van der Waals surface area contributed by atoms with Crippen molar-refractivity contribution in [2.45, 2.75) is 25.3 Å². The number of aliphatic imine (C=N–C) groups is 1. The number of nitrogens with one attached hydrogen (secondary N) is 2. The van der Waals surface area contributed by atoms with Crippen molar-refractivity contribution in [3.63, 3.8) is 0 Å². The Bertz CT molecular complexity index is 884. The molecular formula is C20H29IN4O2S. The van der Waals surface area contributed by atoms with Crippen molar-refractivity contribution in [3.8, 4) is 0 Å². The van der Waals surface area contributed by atoms with Gasteiger partial charge in [0.2, 0.25) is 10.0 Å². The third-order valence-corrected chi connectivity index (χ3v) is 5.61. The Kier molecular flexibility index (Phi) is 9.91. The minimum absolute atomic E-state index is 0. The zero-order chi connectivity index (χ0) is 19.9.